The fraction of sp³-hybridized carbons (Fsp3) is 0.938. The molecular formula is C16H32F3IN4. The van der Waals surface area contributed by atoms with Crippen LogP contribution in [0, 0.1) is 5.92 Å². The summed E-state index contributed by atoms with van der Waals surface area (Å²) in [6.07, 6.45) is 0.0280. The van der Waals surface area contributed by atoms with Crippen LogP contribution in [0.5, 0.6) is 0 Å². The van der Waals surface area contributed by atoms with Crippen molar-refractivity contribution < 1.29 is 13.2 Å². The SMILES string of the molecule is CN=C(NCCC(F)(F)F)NCC(C(C)C)N1CCCCCC1.I. The largest absolute Gasteiger partial charge is 0.390 e. The molecule has 0 aromatic heterocycles. The molecular weight excluding hydrogens is 432 g/mol. The van der Waals surface area contributed by atoms with Crippen molar-refractivity contribution in [1.82, 2.24) is 15.5 Å². The Morgan fingerprint density at radius 2 is 1.67 bits per heavy atom. The van der Waals surface area contributed by atoms with Crippen LogP contribution in [0.1, 0.15) is 46.0 Å². The van der Waals surface area contributed by atoms with Crippen LogP contribution in [0.4, 0.5) is 13.2 Å². The molecule has 0 aliphatic carbocycles. The van der Waals surface area contributed by atoms with Gasteiger partial charge in [0.2, 0.25) is 0 Å². The van der Waals surface area contributed by atoms with Crippen LogP contribution in [-0.4, -0.2) is 56.3 Å². The molecule has 0 amide bonds. The smallest absolute Gasteiger partial charge is 0.356 e. The fourth-order valence-corrected chi connectivity index (χ4v) is 2.96. The van der Waals surface area contributed by atoms with Crippen molar-refractivity contribution in [3.05, 3.63) is 0 Å². The zero-order valence-electron chi connectivity index (χ0n) is 15.0. The summed E-state index contributed by atoms with van der Waals surface area (Å²) in [5.74, 6) is 0.920. The minimum absolute atomic E-state index is 0. The number of guanidine groups is 1. The first-order valence-corrected chi connectivity index (χ1v) is 8.59. The van der Waals surface area contributed by atoms with Crippen LogP contribution >= 0.6 is 24.0 Å². The first kappa shape index (κ1) is 23.8. The van der Waals surface area contributed by atoms with E-state index in [0.717, 1.165) is 13.1 Å². The van der Waals surface area contributed by atoms with Gasteiger partial charge in [-0.05, 0) is 31.8 Å². The number of hydrogen-bond acceptors (Lipinski definition) is 2. The lowest BCUT2D eigenvalue weighted by atomic mass is 10.0. The van der Waals surface area contributed by atoms with Gasteiger partial charge in [0.1, 0.15) is 0 Å². The zero-order valence-corrected chi connectivity index (χ0v) is 17.3. The first-order valence-electron chi connectivity index (χ1n) is 8.59. The number of nitrogens with zero attached hydrogens (tertiary/aromatic N) is 2. The molecule has 1 aliphatic heterocycles. The van der Waals surface area contributed by atoms with E-state index in [1.54, 1.807) is 7.05 Å². The maximum Gasteiger partial charge on any atom is 0.390 e. The molecule has 4 nitrogen and oxygen atoms in total. The Morgan fingerprint density at radius 1 is 1.08 bits per heavy atom. The third-order valence-corrected chi connectivity index (χ3v) is 4.28. The Kier molecular flexibility index (Phi) is 12.0. The van der Waals surface area contributed by atoms with Gasteiger partial charge in [-0.2, -0.15) is 13.2 Å². The highest BCUT2D eigenvalue weighted by atomic mass is 127. The van der Waals surface area contributed by atoms with Crippen molar-refractivity contribution in [3.8, 4) is 0 Å². The molecule has 1 unspecified atom stereocenters. The van der Waals surface area contributed by atoms with E-state index in [1.807, 2.05) is 0 Å². The molecule has 0 spiro atoms. The van der Waals surface area contributed by atoms with Gasteiger partial charge in [-0.3, -0.25) is 9.89 Å². The number of rotatable bonds is 6. The normalized spacial score (nSPS) is 18.7. The number of alkyl halides is 3. The summed E-state index contributed by atoms with van der Waals surface area (Å²) in [6, 6.07) is 0.370. The van der Waals surface area contributed by atoms with Crippen LogP contribution in [0.25, 0.3) is 0 Å². The van der Waals surface area contributed by atoms with Gasteiger partial charge in [0, 0.05) is 26.2 Å². The van der Waals surface area contributed by atoms with E-state index in [-0.39, 0.29) is 30.5 Å². The Morgan fingerprint density at radius 3 is 2.12 bits per heavy atom. The zero-order chi connectivity index (χ0) is 17.3. The van der Waals surface area contributed by atoms with Gasteiger partial charge in [-0.1, -0.05) is 26.7 Å². The molecule has 144 valence electrons. The van der Waals surface area contributed by atoms with E-state index >= 15 is 0 Å². The first-order chi connectivity index (χ1) is 10.8. The monoisotopic (exact) mass is 464 g/mol. The lowest BCUT2D eigenvalue weighted by Gasteiger charge is -2.34. The van der Waals surface area contributed by atoms with Gasteiger partial charge in [-0.15, -0.1) is 24.0 Å². The highest BCUT2D eigenvalue weighted by Gasteiger charge is 2.26. The number of hydrogen-bond donors (Lipinski definition) is 2. The van der Waals surface area contributed by atoms with Crippen LogP contribution < -0.4 is 10.6 Å². The lowest BCUT2D eigenvalue weighted by molar-refractivity contribution is -0.132. The van der Waals surface area contributed by atoms with Crippen LogP contribution in [0.3, 0.4) is 0 Å². The van der Waals surface area contributed by atoms with Crippen molar-refractivity contribution in [2.75, 3.05) is 33.2 Å². The summed E-state index contributed by atoms with van der Waals surface area (Å²) in [5, 5.41) is 5.92. The summed E-state index contributed by atoms with van der Waals surface area (Å²) < 4.78 is 36.6. The lowest BCUT2D eigenvalue weighted by Crippen LogP contribution is -2.50. The standard InChI is InChI=1S/C16H31F3N4.HI/c1-13(2)14(23-10-6-4-5-7-11-23)12-22-15(20-3)21-9-8-16(17,18)19;/h13-14H,4-12H2,1-3H3,(H2,20,21,22);1H. The van der Waals surface area contributed by atoms with E-state index in [4.69, 9.17) is 0 Å². The Labute approximate surface area is 161 Å². The quantitative estimate of drug-likeness (QED) is 0.359. The molecule has 0 aromatic carbocycles. The highest BCUT2D eigenvalue weighted by Crippen LogP contribution is 2.18. The van der Waals surface area contributed by atoms with E-state index in [2.05, 4.69) is 34.4 Å². The van der Waals surface area contributed by atoms with Crippen molar-refractivity contribution in [2.24, 2.45) is 10.9 Å². The minimum Gasteiger partial charge on any atom is -0.356 e. The maximum atomic E-state index is 12.2. The summed E-state index contributed by atoms with van der Waals surface area (Å²) in [4.78, 5) is 6.52. The third kappa shape index (κ3) is 9.90. The van der Waals surface area contributed by atoms with E-state index < -0.39 is 12.6 Å². The van der Waals surface area contributed by atoms with E-state index in [9.17, 15) is 13.2 Å². The molecule has 0 bridgehead atoms. The third-order valence-electron chi connectivity index (χ3n) is 4.28. The highest BCUT2D eigenvalue weighted by molar-refractivity contribution is 14.0. The van der Waals surface area contributed by atoms with E-state index in [1.165, 1.54) is 25.7 Å². The second kappa shape index (κ2) is 12.2. The van der Waals surface area contributed by atoms with Crippen molar-refractivity contribution >= 4 is 29.9 Å². The predicted molar refractivity (Wildman–Crippen MR) is 104 cm³/mol. The van der Waals surface area contributed by atoms with Crippen LogP contribution in [-0.2, 0) is 0 Å². The second-order valence-electron chi connectivity index (χ2n) is 6.51. The number of halogens is 4. The summed E-state index contributed by atoms with van der Waals surface area (Å²) >= 11 is 0. The van der Waals surface area contributed by atoms with Gasteiger partial charge in [0.05, 0.1) is 6.42 Å². The molecule has 1 fully saturated rings. The molecule has 1 saturated heterocycles. The van der Waals surface area contributed by atoms with Gasteiger partial charge >= 0.3 is 6.18 Å². The molecule has 8 heteroatoms. The van der Waals surface area contributed by atoms with Gasteiger partial charge in [0.15, 0.2) is 5.96 Å². The summed E-state index contributed by atoms with van der Waals surface area (Å²) in [6.45, 7) is 7.13. The fourth-order valence-electron chi connectivity index (χ4n) is 2.96. The van der Waals surface area contributed by atoms with Crippen molar-refractivity contribution in [1.29, 1.82) is 0 Å². The van der Waals surface area contributed by atoms with Crippen molar-refractivity contribution in [3.63, 3.8) is 0 Å². The second-order valence-corrected chi connectivity index (χ2v) is 6.51. The van der Waals surface area contributed by atoms with Crippen LogP contribution in [0.15, 0.2) is 4.99 Å². The molecule has 2 N–H and O–H groups in total. The number of likely N-dealkylation sites (tertiary alicyclic amines) is 1. The average molecular weight is 464 g/mol. The number of aliphatic imine (C=N–C) groups is 1. The number of nitrogens with one attached hydrogen (secondary N) is 2. The molecule has 1 aliphatic rings. The molecule has 1 heterocycles. The minimum atomic E-state index is -4.14. The predicted octanol–water partition coefficient (Wildman–Crippen LogP) is 3.62. The molecule has 1 rings (SSSR count). The summed E-state index contributed by atoms with van der Waals surface area (Å²) in [5.41, 5.74) is 0. The molecule has 0 radical (unpaired) electrons. The molecule has 1 atom stereocenters. The Bertz CT molecular complexity index is 354. The van der Waals surface area contributed by atoms with Crippen molar-refractivity contribution in [2.45, 2.75) is 58.2 Å². The van der Waals surface area contributed by atoms with Gasteiger partial charge in [0.25, 0.3) is 0 Å². The Hall–Kier alpha value is -0.250. The van der Waals surface area contributed by atoms with Crippen LogP contribution in [0.2, 0.25) is 0 Å². The topological polar surface area (TPSA) is 39.7 Å². The van der Waals surface area contributed by atoms with Gasteiger partial charge in [-0.25, -0.2) is 0 Å². The van der Waals surface area contributed by atoms with Gasteiger partial charge < -0.3 is 10.6 Å². The molecule has 24 heavy (non-hydrogen) atoms. The molecule has 0 aromatic rings. The van der Waals surface area contributed by atoms with E-state index in [0.29, 0.717) is 24.5 Å². The summed E-state index contributed by atoms with van der Waals surface area (Å²) in [7, 11) is 1.58. The average Bonchev–Trinajstić information content (AvgIpc) is 2.73. The Balaban J connectivity index is 0.00000529. The molecule has 0 saturated carbocycles. The maximum absolute atomic E-state index is 12.2.